The molecular weight excluding hydrogens is 287 g/mol. The molecule has 6 nitrogen and oxygen atoms in total. The quantitative estimate of drug-likeness (QED) is 0.758. The van der Waals surface area contributed by atoms with Crippen LogP contribution in [0.4, 0.5) is 13.2 Å². The highest BCUT2D eigenvalue weighted by molar-refractivity contribution is 5.92. The Hall–Kier alpha value is -2.29. The van der Waals surface area contributed by atoms with E-state index in [0.717, 1.165) is 0 Å². The summed E-state index contributed by atoms with van der Waals surface area (Å²) in [6.07, 6.45) is 0.0112. The second-order valence-electron chi connectivity index (χ2n) is 4.49. The number of rotatable bonds is 4. The number of aliphatic imine (C=N–C) groups is 1. The number of alkyl halides is 3. The molecule has 2 rings (SSSR count). The Morgan fingerprint density at radius 3 is 2.81 bits per heavy atom. The van der Waals surface area contributed by atoms with Gasteiger partial charge in [-0.3, -0.25) is 5.73 Å². The zero-order chi connectivity index (χ0) is 15.5. The Labute approximate surface area is 118 Å². The summed E-state index contributed by atoms with van der Waals surface area (Å²) in [6.45, 7) is -1.42. The molecular formula is C12H14F3N5O. The molecule has 1 aromatic rings. The Balaban J connectivity index is 2.15. The molecule has 0 aromatic carbocycles. The van der Waals surface area contributed by atoms with E-state index in [2.05, 4.69) is 15.3 Å². The fourth-order valence-electron chi connectivity index (χ4n) is 1.79. The second kappa shape index (κ2) is 5.60. The SMILES string of the molecule is NC1=NC(N)(Cc2cccnc2OCC(F)(F)F)NC=C1. The van der Waals surface area contributed by atoms with Crippen LogP contribution in [-0.4, -0.2) is 29.4 Å². The van der Waals surface area contributed by atoms with Crippen molar-refractivity contribution in [2.45, 2.75) is 18.4 Å². The first-order chi connectivity index (χ1) is 9.77. The van der Waals surface area contributed by atoms with E-state index in [1.165, 1.54) is 18.5 Å². The molecule has 1 aliphatic heterocycles. The molecule has 0 saturated heterocycles. The summed E-state index contributed by atoms with van der Waals surface area (Å²) in [5.74, 6) is -1.17. The van der Waals surface area contributed by atoms with Crippen LogP contribution >= 0.6 is 0 Å². The number of hydrogen-bond acceptors (Lipinski definition) is 6. The summed E-state index contributed by atoms with van der Waals surface area (Å²) >= 11 is 0. The van der Waals surface area contributed by atoms with Gasteiger partial charge in [0.1, 0.15) is 5.84 Å². The van der Waals surface area contributed by atoms with Crippen molar-refractivity contribution in [1.82, 2.24) is 10.3 Å². The van der Waals surface area contributed by atoms with Gasteiger partial charge in [0.25, 0.3) is 0 Å². The van der Waals surface area contributed by atoms with Gasteiger partial charge in [0.15, 0.2) is 12.4 Å². The van der Waals surface area contributed by atoms with Crippen molar-refractivity contribution in [3.05, 3.63) is 36.2 Å². The van der Waals surface area contributed by atoms with Crippen LogP contribution in [0, 0.1) is 0 Å². The first-order valence-electron chi connectivity index (χ1n) is 5.99. The number of hydrogen-bond donors (Lipinski definition) is 3. The van der Waals surface area contributed by atoms with Gasteiger partial charge in [-0.15, -0.1) is 0 Å². The van der Waals surface area contributed by atoms with Gasteiger partial charge in [0, 0.05) is 24.4 Å². The first kappa shape index (κ1) is 15.1. The number of halogens is 3. The minimum Gasteiger partial charge on any atom is -0.468 e. The van der Waals surface area contributed by atoms with Crippen LogP contribution in [-0.2, 0) is 6.42 Å². The summed E-state index contributed by atoms with van der Waals surface area (Å²) < 4.78 is 41.4. The molecule has 0 amide bonds. The van der Waals surface area contributed by atoms with Gasteiger partial charge in [-0.05, 0) is 12.1 Å². The molecule has 5 N–H and O–H groups in total. The van der Waals surface area contributed by atoms with Crippen LogP contribution in [0.25, 0.3) is 0 Å². The summed E-state index contributed by atoms with van der Waals surface area (Å²) in [4.78, 5) is 7.82. The lowest BCUT2D eigenvalue weighted by molar-refractivity contribution is -0.154. The first-order valence-corrected chi connectivity index (χ1v) is 5.99. The average Bonchev–Trinajstić information content (AvgIpc) is 2.36. The molecule has 1 aromatic heterocycles. The summed E-state index contributed by atoms with van der Waals surface area (Å²) in [6, 6.07) is 3.14. The predicted octanol–water partition coefficient (Wildman–Crippen LogP) is 0.652. The lowest BCUT2D eigenvalue weighted by Crippen LogP contribution is -2.54. The maximum Gasteiger partial charge on any atom is 0.422 e. The van der Waals surface area contributed by atoms with Gasteiger partial charge in [0.2, 0.25) is 5.88 Å². The third kappa shape index (κ3) is 4.35. The van der Waals surface area contributed by atoms with Crippen LogP contribution in [0.3, 0.4) is 0 Å². The predicted molar refractivity (Wildman–Crippen MR) is 70.3 cm³/mol. The molecule has 0 fully saturated rings. The molecule has 1 aliphatic rings. The van der Waals surface area contributed by atoms with Crippen molar-refractivity contribution < 1.29 is 17.9 Å². The normalized spacial score (nSPS) is 21.6. The van der Waals surface area contributed by atoms with Gasteiger partial charge < -0.3 is 15.8 Å². The molecule has 0 bridgehead atoms. The van der Waals surface area contributed by atoms with Crippen LogP contribution in [0.5, 0.6) is 5.88 Å². The Morgan fingerprint density at radius 1 is 1.38 bits per heavy atom. The third-order valence-electron chi connectivity index (χ3n) is 2.60. The highest BCUT2D eigenvalue weighted by atomic mass is 19.4. The molecule has 0 radical (unpaired) electrons. The third-order valence-corrected chi connectivity index (χ3v) is 2.60. The maximum absolute atomic E-state index is 12.2. The molecule has 0 saturated carbocycles. The number of nitrogens with one attached hydrogen (secondary N) is 1. The number of pyridine rings is 1. The summed E-state index contributed by atoms with van der Waals surface area (Å²) in [7, 11) is 0. The number of ether oxygens (including phenoxy) is 1. The maximum atomic E-state index is 12.2. The van der Waals surface area contributed by atoms with Crippen molar-refractivity contribution in [3.63, 3.8) is 0 Å². The molecule has 1 atom stereocenters. The van der Waals surface area contributed by atoms with E-state index in [4.69, 9.17) is 16.2 Å². The minimum atomic E-state index is -4.44. The van der Waals surface area contributed by atoms with Gasteiger partial charge in [-0.1, -0.05) is 6.07 Å². The number of nitrogens with two attached hydrogens (primary N) is 2. The van der Waals surface area contributed by atoms with Crippen molar-refractivity contribution in [1.29, 1.82) is 0 Å². The highest BCUT2D eigenvalue weighted by Crippen LogP contribution is 2.23. The Kier molecular flexibility index (Phi) is 4.03. The smallest absolute Gasteiger partial charge is 0.422 e. The topological polar surface area (TPSA) is 98.5 Å². The molecule has 114 valence electrons. The van der Waals surface area contributed by atoms with Crippen LogP contribution in [0.15, 0.2) is 35.6 Å². The zero-order valence-electron chi connectivity index (χ0n) is 10.9. The highest BCUT2D eigenvalue weighted by Gasteiger charge is 2.31. The lowest BCUT2D eigenvalue weighted by Gasteiger charge is -2.28. The summed E-state index contributed by atoms with van der Waals surface area (Å²) in [5.41, 5.74) is 12.0. The molecule has 0 aliphatic carbocycles. The summed E-state index contributed by atoms with van der Waals surface area (Å²) in [5, 5.41) is 2.80. The van der Waals surface area contributed by atoms with Crippen LogP contribution in [0.1, 0.15) is 5.56 Å². The van der Waals surface area contributed by atoms with E-state index in [-0.39, 0.29) is 18.1 Å². The molecule has 1 unspecified atom stereocenters. The second-order valence-corrected chi connectivity index (χ2v) is 4.49. The largest absolute Gasteiger partial charge is 0.468 e. The van der Waals surface area contributed by atoms with Crippen LogP contribution in [0.2, 0.25) is 0 Å². The van der Waals surface area contributed by atoms with Gasteiger partial charge in [-0.25, -0.2) is 9.98 Å². The number of nitrogens with zero attached hydrogens (tertiary/aromatic N) is 2. The van der Waals surface area contributed by atoms with E-state index >= 15 is 0 Å². The number of amidine groups is 1. The van der Waals surface area contributed by atoms with Gasteiger partial charge >= 0.3 is 6.18 Å². The standard InChI is InChI=1S/C12H14F3N5O/c13-11(14,15)7-21-10-8(2-1-4-18-10)6-12(17)19-5-3-9(16)20-12/h1-5,19H,6-7,17H2,(H2,16,20). The molecule has 9 heteroatoms. The fourth-order valence-corrected chi connectivity index (χ4v) is 1.79. The zero-order valence-corrected chi connectivity index (χ0v) is 10.9. The van der Waals surface area contributed by atoms with Crippen molar-refractivity contribution >= 4 is 5.84 Å². The van der Waals surface area contributed by atoms with E-state index in [9.17, 15) is 13.2 Å². The Bertz CT molecular complexity index is 572. The Morgan fingerprint density at radius 2 is 2.14 bits per heavy atom. The number of aromatic nitrogens is 1. The lowest BCUT2D eigenvalue weighted by atomic mass is 10.1. The van der Waals surface area contributed by atoms with Crippen molar-refractivity contribution in [2.75, 3.05) is 6.61 Å². The van der Waals surface area contributed by atoms with E-state index in [1.807, 2.05) is 0 Å². The van der Waals surface area contributed by atoms with Crippen LogP contribution < -0.4 is 21.5 Å². The van der Waals surface area contributed by atoms with Gasteiger partial charge in [0.05, 0.1) is 0 Å². The van der Waals surface area contributed by atoms with Gasteiger partial charge in [-0.2, -0.15) is 13.2 Å². The molecule has 2 heterocycles. The van der Waals surface area contributed by atoms with E-state index < -0.39 is 18.6 Å². The van der Waals surface area contributed by atoms with Crippen molar-refractivity contribution in [2.24, 2.45) is 16.5 Å². The van der Waals surface area contributed by atoms with E-state index in [1.54, 1.807) is 12.1 Å². The minimum absolute atomic E-state index is 0.0685. The monoisotopic (exact) mass is 301 g/mol. The molecule has 21 heavy (non-hydrogen) atoms. The fraction of sp³-hybridized carbons (Fsp3) is 0.333. The van der Waals surface area contributed by atoms with E-state index in [0.29, 0.717) is 5.56 Å². The molecule has 0 spiro atoms. The average molecular weight is 301 g/mol. The van der Waals surface area contributed by atoms with Crippen molar-refractivity contribution in [3.8, 4) is 5.88 Å².